The molecule has 4 aromatic rings. The molecule has 9 heteroatoms. The Balaban J connectivity index is 1.51. The molecule has 8 nitrogen and oxygen atoms in total. The van der Waals surface area contributed by atoms with E-state index in [0.717, 1.165) is 34.6 Å². The van der Waals surface area contributed by atoms with Gasteiger partial charge in [0.25, 0.3) is 5.91 Å². The standard InChI is InChI=1S/C22H25N7OS/c1-14(2)29-27-20(26-28-29)15-8-10-16(11-9-15)22(30)25-19(12-13-31-3)21-23-17-6-4-5-7-18(17)24-21/h4-11,14,19H,12-13H2,1-3H3,(H,23,24)(H,25,30)/t19-/m0/s1. The molecule has 31 heavy (non-hydrogen) atoms. The summed E-state index contributed by atoms with van der Waals surface area (Å²) < 4.78 is 0. The second-order valence-corrected chi connectivity index (χ2v) is 8.54. The Labute approximate surface area is 184 Å². The molecule has 0 unspecified atom stereocenters. The number of tetrazole rings is 1. The Kier molecular flexibility index (Phi) is 6.31. The van der Waals surface area contributed by atoms with Crippen molar-refractivity contribution < 1.29 is 4.79 Å². The second-order valence-electron chi connectivity index (χ2n) is 7.55. The van der Waals surface area contributed by atoms with Crippen molar-refractivity contribution in [3.8, 4) is 11.4 Å². The number of hydrogen-bond donors (Lipinski definition) is 2. The first-order valence-electron chi connectivity index (χ1n) is 10.2. The number of carbonyl (C=O) groups excluding carboxylic acids is 1. The molecule has 0 aliphatic heterocycles. The van der Waals surface area contributed by atoms with Gasteiger partial charge in [-0.05, 0) is 61.8 Å². The predicted molar refractivity (Wildman–Crippen MR) is 123 cm³/mol. The van der Waals surface area contributed by atoms with Crippen LogP contribution in [0.3, 0.4) is 0 Å². The first kappa shape index (κ1) is 21.0. The molecule has 0 fully saturated rings. The highest BCUT2D eigenvalue weighted by atomic mass is 32.2. The molecule has 2 aromatic carbocycles. The van der Waals surface area contributed by atoms with Crippen molar-refractivity contribution in [3.63, 3.8) is 0 Å². The second kappa shape index (κ2) is 9.30. The van der Waals surface area contributed by atoms with Crippen LogP contribution in [0.15, 0.2) is 48.5 Å². The Hall–Kier alpha value is -3.20. The number of rotatable bonds is 8. The number of imidazole rings is 1. The SMILES string of the molecule is CSCC[C@H](NC(=O)c1ccc(-c2nnn(C(C)C)n2)cc1)c1nc2ccccc2[nH]1. The Morgan fingerprint density at radius 2 is 1.94 bits per heavy atom. The molecule has 0 bridgehead atoms. The Morgan fingerprint density at radius 1 is 1.16 bits per heavy atom. The van der Waals surface area contributed by atoms with Crippen LogP contribution in [0.5, 0.6) is 0 Å². The van der Waals surface area contributed by atoms with Crippen LogP contribution in [-0.4, -0.2) is 48.1 Å². The van der Waals surface area contributed by atoms with Gasteiger partial charge in [-0.25, -0.2) is 4.98 Å². The van der Waals surface area contributed by atoms with Crippen molar-refractivity contribution in [1.29, 1.82) is 0 Å². The van der Waals surface area contributed by atoms with Crippen LogP contribution >= 0.6 is 11.8 Å². The number of aromatic amines is 1. The van der Waals surface area contributed by atoms with Gasteiger partial charge in [-0.3, -0.25) is 4.79 Å². The number of fused-ring (bicyclic) bond motifs is 1. The largest absolute Gasteiger partial charge is 0.342 e. The number of amides is 1. The summed E-state index contributed by atoms with van der Waals surface area (Å²) in [7, 11) is 0. The normalized spacial score (nSPS) is 12.4. The molecule has 0 saturated carbocycles. The third kappa shape index (κ3) is 4.77. The molecule has 0 radical (unpaired) electrons. The van der Waals surface area contributed by atoms with Crippen molar-refractivity contribution in [2.75, 3.05) is 12.0 Å². The molecular weight excluding hydrogens is 410 g/mol. The fourth-order valence-corrected chi connectivity index (χ4v) is 3.69. The lowest BCUT2D eigenvalue weighted by Crippen LogP contribution is -2.29. The van der Waals surface area contributed by atoms with Crippen molar-refractivity contribution in [1.82, 2.24) is 35.5 Å². The summed E-state index contributed by atoms with van der Waals surface area (Å²) in [5, 5.41) is 15.7. The highest BCUT2D eigenvalue weighted by molar-refractivity contribution is 7.98. The van der Waals surface area contributed by atoms with Crippen LogP contribution in [0.25, 0.3) is 22.4 Å². The molecule has 2 aromatic heterocycles. The van der Waals surface area contributed by atoms with Gasteiger partial charge in [0, 0.05) is 11.1 Å². The summed E-state index contributed by atoms with van der Waals surface area (Å²) in [6, 6.07) is 15.1. The van der Waals surface area contributed by atoms with Gasteiger partial charge in [-0.2, -0.15) is 16.6 Å². The summed E-state index contributed by atoms with van der Waals surface area (Å²) in [5.74, 6) is 2.09. The van der Waals surface area contributed by atoms with E-state index < -0.39 is 0 Å². The zero-order chi connectivity index (χ0) is 21.8. The first-order valence-corrected chi connectivity index (χ1v) is 11.6. The van der Waals surface area contributed by atoms with Gasteiger partial charge >= 0.3 is 0 Å². The minimum atomic E-state index is -0.195. The quantitative estimate of drug-likeness (QED) is 0.433. The first-order chi connectivity index (χ1) is 15.0. The summed E-state index contributed by atoms with van der Waals surface area (Å²) in [6.07, 6.45) is 2.84. The van der Waals surface area contributed by atoms with Crippen LogP contribution in [0.4, 0.5) is 0 Å². The summed E-state index contributed by atoms with van der Waals surface area (Å²) in [4.78, 5) is 22.5. The lowest BCUT2D eigenvalue weighted by Gasteiger charge is -2.16. The highest BCUT2D eigenvalue weighted by Gasteiger charge is 2.19. The number of benzene rings is 2. The predicted octanol–water partition coefficient (Wildman–Crippen LogP) is 4.02. The zero-order valence-corrected chi connectivity index (χ0v) is 18.6. The molecule has 4 rings (SSSR count). The molecule has 2 N–H and O–H groups in total. The van der Waals surface area contributed by atoms with E-state index in [1.54, 1.807) is 28.7 Å². The van der Waals surface area contributed by atoms with E-state index in [4.69, 9.17) is 0 Å². The minimum Gasteiger partial charge on any atom is -0.342 e. The van der Waals surface area contributed by atoms with E-state index in [1.807, 2.05) is 50.2 Å². The van der Waals surface area contributed by atoms with Crippen LogP contribution in [0, 0.1) is 0 Å². The van der Waals surface area contributed by atoms with Crippen molar-refractivity contribution >= 4 is 28.7 Å². The average Bonchev–Trinajstić information content (AvgIpc) is 3.44. The van der Waals surface area contributed by atoms with Gasteiger partial charge in [-0.15, -0.1) is 10.2 Å². The van der Waals surface area contributed by atoms with E-state index in [9.17, 15) is 4.79 Å². The van der Waals surface area contributed by atoms with E-state index in [-0.39, 0.29) is 18.0 Å². The Morgan fingerprint density at radius 3 is 2.61 bits per heavy atom. The maximum Gasteiger partial charge on any atom is 0.251 e. The van der Waals surface area contributed by atoms with Gasteiger partial charge in [0.1, 0.15) is 5.82 Å². The molecule has 0 spiro atoms. The smallest absolute Gasteiger partial charge is 0.251 e. The lowest BCUT2D eigenvalue weighted by molar-refractivity contribution is 0.0934. The van der Waals surface area contributed by atoms with Gasteiger partial charge in [0.15, 0.2) is 0 Å². The molecule has 0 aliphatic carbocycles. The van der Waals surface area contributed by atoms with Crippen LogP contribution < -0.4 is 5.32 Å². The minimum absolute atomic E-state index is 0.141. The van der Waals surface area contributed by atoms with E-state index in [2.05, 4.69) is 37.0 Å². The third-order valence-electron chi connectivity index (χ3n) is 4.95. The monoisotopic (exact) mass is 435 g/mol. The van der Waals surface area contributed by atoms with Gasteiger partial charge in [-0.1, -0.05) is 24.3 Å². The fraction of sp³-hybridized carbons (Fsp3) is 0.318. The summed E-state index contributed by atoms with van der Waals surface area (Å²) >= 11 is 1.74. The van der Waals surface area contributed by atoms with E-state index in [0.29, 0.717) is 11.4 Å². The molecular formula is C22H25N7OS. The number of aromatic nitrogens is 6. The van der Waals surface area contributed by atoms with Crippen molar-refractivity contribution in [2.45, 2.75) is 32.4 Å². The number of hydrogen-bond acceptors (Lipinski definition) is 6. The molecule has 0 saturated heterocycles. The Bertz CT molecular complexity index is 1130. The lowest BCUT2D eigenvalue weighted by atomic mass is 10.1. The van der Waals surface area contributed by atoms with Crippen LogP contribution in [0.2, 0.25) is 0 Å². The molecule has 1 amide bonds. The van der Waals surface area contributed by atoms with Gasteiger partial charge in [0.05, 0.1) is 23.1 Å². The number of thioether (sulfide) groups is 1. The van der Waals surface area contributed by atoms with Crippen molar-refractivity contribution in [2.24, 2.45) is 0 Å². The molecule has 1 atom stereocenters. The average molecular weight is 436 g/mol. The van der Waals surface area contributed by atoms with Gasteiger partial charge in [0.2, 0.25) is 5.82 Å². The van der Waals surface area contributed by atoms with Crippen LogP contribution in [0.1, 0.15) is 48.5 Å². The number of nitrogens with zero attached hydrogens (tertiary/aromatic N) is 5. The third-order valence-corrected chi connectivity index (χ3v) is 5.59. The number of para-hydroxylation sites is 2. The van der Waals surface area contributed by atoms with E-state index in [1.165, 1.54) is 0 Å². The molecule has 160 valence electrons. The van der Waals surface area contributed by atoms with E-state index >= 15 is 0 Å². The molecule has 0 aliphatic rings. The van der Waals surface area contributed by atoms with Crippen LogP contribution in [-0.2, 0) is 0 Å². The van der Waals surface area contributed by atoms with Crippen molar-refractivity contribution in [3.05, 3.63) is 59.9 Å². The maximum absolute atomic E-state index is 12.9. The highest BCUT2D eigenvalue weighted by Crippen LogP contribution is 2.21. The number of carbonyl (C=O) groups is 1. The van der Waals surface area contributed by atoms with Gasteiger partial charge < -0.3 is 10.3 Å². The molecule has 2 heterocycles. The topological polar surface area (TPSA) is 101 Å². The fourth-order valence-electron chi connectivity index (χ4n) is 3.22. The maximum atomic E-state index is 12.9. The number of nitrogens with one attached hydrogen (secondary N) is 2. The summed E-state index contributed by atoms with van der Waals surface area (Å²) in [6.45, 7) is 3.99. The number of H-pyrrole nitrogens is 1. The zero-order valence-electron chi connectivity index (χ0n) is 17.7. The summed E-state index contributed by atoms with van der Waals surface area (Å²) in [5.41, 5.74) is 3.25.